The molecule has 4 heterocycles. The van der Waals surface area contributed by atoms with Gasteiger partial charge < -0.3 is 4.42 Å². The molecular weight excluding hydrogens is 538 g/mol. The molecule has 204 valence electrons. The fourth-order valence-corrected chi connectivity index (χ4v) is 7.01. The lowest BCUT2D eigenvalue weighted by Crippen LogP contribution is -1.94. The average Bonchev–Trinajstić information content (AvgIpc) is 3.67. The number of fused-ring (bicyclic) bond motifs is 13. The first-order valence-corrected chi connectivity index (χ1v) is 14.8. The van der Waals surface area contributed by atoms with Crippen molar-refractivity contribution in [2.45, 2.75) is 0 Å². The van der Waals surface area contributed by atoms with Crippen LogP contribution in [0, 0.1) is 0 Å². The highest BCUT2D eigenvalue weighted by Crippen LogP contribution is 2.40. The van der Waals surface area contributed by atoms with E-state index in [4.69, 9.17) is 14.4 Å². The minimum atomic E-state index is 0.909. The fraction of sp³-hybridized carbons (Fsp3) is 0. The van der Waals surface area contributed by atoms with Gasteiger partial charge in [-0.1, -0.05) is 84.9 Å². The van der Waals surface area contributed by atoms with Crippen LogP contribution in [0.2, 0.25) is 0 Å². The van der Waals surface area contributed by atoms with Crippen molar-refractivity contribution in [3.63, 3.8) is 0 Å². The second-order valence-corrected chi connectivity index (χ2v) is 11.4. The van der Waals surface area contributed by atoms with Crippen molar-refractivity contribution in [1.29, 1.82) is 0 Å². The van der Waals surface area contributed by atoms with E-state index in [0.29, 0.717) is 0 Å². The lowest BCUT2D eigenvalue weighted by molar-refractivity contribution is 0.670. The van der Waals surface area contributed by atoms with Gasteiger partial charge in [0.2, 0.25) is 0 Å². The highest BCUT2D eigenvalue weighted by molar-refractivity contribution is 6.23. The van der Waals surface area contributed by atoms with Gasteiger partial charge in [0, 0.05) is 44.1 Å². The molecule has 0 saturated heterocycles. The predicted molar refractivity (Wildman–Crippen MR) is 181 cm³/mol. The van der Waals surface area contributed by atoms with Crippen molar-refractivity contribution >= 4 is 71.2 Å². The van der Waals surface area contributed by atoms with Crippen LogP contribution in [0.4, 0.5) is 0 Å². The Morgan fingerprint density at radius 2 is 1.39 bits per heavy atom. The molecule has 0 bridgehead atoms. The van der Waals surface area contributed by atoms with E-state index in [-0.39, 0.29) is 0 Å². The Balaban J connectivity index is 1.25. The van der Waals surface area contributed by atoms with Gasteiger partial charge in [-0.3, -0.25) is 9.38 Å². The Bertz CT molecular complexity index is 2790. The molecule has 4 nitrogen and oxygen atoms in total. The molecule has 0 spiro atoms. The molecule has 0 N–H and O–H groups in total. The number of furan rings is 1. The standard InChI is InChI=1S/C40H23N3O/c1-4-16-36-29(11-1)30-13-6-12-28(39(30)44-36)27-9-5-8-25(22-27)26-18-20-34-32(23-26)37-31(19-17-24-10-7-21-41-38(24)37)40-42-33-14-2-3-15-35(33)43(34)40/h1-23H. The lowest BCUT2D eigenvalue weighted by Gasteiger charge is -2.13. The Morgan fingerprint density at radius 3 is 2.39 bits per heavy atom. The van der Waals surface area contributed by atoms with Crippen LogP contribution in [-0.4, -0.2) is 14.4 Å². The first-order valence-electron chi connectivity index (χ1n) is 14.8. The number of hydrogen-bond acceptors (Lipinski definition) is 3. The second-order valence-electron chi connectivity index (χ2n) is 11.4. The predicted octanol–water partition coefficient (Wildman–Crippen LogP) is 10.6. The van der Waals surface area contributed by atoms with E-state index >= 15 is 0 Å². The Hall–Kier alpha value is -6.00. The molecule has 0 aliphatic heterocycles. The Morgan fingerprint density at radius 1 is 0.545 bits per heavy atom. The summed E-state index contributed by atoms with van der Waals surface area (Å²) in [6.07, 6.45) is 1.88. The Labute approximate surface area is 251 Å². The highest BCUT2D eigenvalue weighted by Gasteiger charge is 2.17. The van der Waals surface area contributed by atoms with Crippen LogP contribution in [0.1, 0.15) is 0 Å². The third kappa shape index (κ3) is 3.22. The number of pyridine rings is 2. The minimum Gasteiger partial charge on any atom is -0.455 e. The van der Waals surface area contributed by atoms with Crippen LogP contribution in [0.25, 0.3) is 93.5 Å². The summed E-state index contributed by atoms with van der Waals surface area (Å²) < 4.78 is 8.68. The van der Waals surface area contributed by atoms with Crippen molar-refractivity contribution in [3.05, 3.63) is 140 Å². The van der Waals surface area contributed by atoms with Crippen LogP contribution in [0.15, 0.2) is 144 Å². The molecule has 4 aromatic heterocycles. The van der Waals surface area contributed by atoms with Gasteiger partial charge in [-0.2, -0.15) is 0 Å². The van der Waals surface area contributed by atoms with Gasteiger partial charge in [-0.25, -0.2) is 4.98 Å². The molecule has 0 radical (unpaired) electrons. The third-order valence-corrected chi connectivity index (χ3v) is 8.99. The molecular formula is C40H23N3O. The summed E-state index contributed by atoms with van der Waals surface area (Å²) in [5, 5.41) is 6.78. The fourth-order valence-electron chi connectivity index (χ4n) is 7.01. The maximum absolute atomic E-state index is 6.38. The molecule has 0 atom stereocenters. The summed E-state index contributed by atoms with van der Waals surface area (Å²) in [6, 6.07) is 47.0. The highest BCUT2D eigenvalue weighted by atomic mass is 16.3. The smallest absolute Gasteiger partial charge is 0.146 e. The topological polar surface area (TPSA) is 43.3 Å². The van der Waals surface area contributed by atoms with Gasteiger partial charge >= 0.3 is 0 Å². The molecule has 0 unspecified atom stereocenters. The first-order chi connectivity index (χ1) is 21.8. The maximum atomic E-state index is 6.38. The summed E-state index contributed by atoms with van der Waals surface area (Å²) >= 11 is 0. The quantitative estimate of drug-likeness (QED) is 0.197. The van der Waals surface area contributed by atoms with Gasteiger partial charge in [0.05, 0.1) is 22.1 Å². The van der Waals surface area contributed by atoms with Crippen LogP contribution in [0.3, 0.4) is 0 Å². The number of imidazole rings is 1. The summed E-state index contributed by atoms with van der Waals surface area (Å²) in [7, 11) is 0. The Kier molecular flexibility index (Phi) is 4.69. The minimum absolute atomic E-state index is 0.909. The zero-order chi connectivity index (χ0) is 28.8. The van der Waals surface area contributed by atoms with Crippen LogP contribution in [-0.2, 0) is 0 Å². The molecule has 0 aliphatic rings. The maximum Gasteiger partial charge on any atom is 0.146 e. The molecule has 10 aromatic rings. The second kappa shape index (κ2) is 8.76. The molecule has 4 heteroatoms. The van der Waals surface area contributed by atoms with E-state index in [2.05, 4.69) is 114 Å². The average molecular weight is 562 g/mol. The van der Waals surface area contributed by atoms with E-state index < -0.39 is 0 Å². The third-order valence-electron chi connectivity index (χ3n) is 8.99. The summed E-state index contributed by atoms with van der Waals surface area (Å²) in [4.78, 5) is 9.97. The van der Waals surface area contributed by atoms with Gasteiger partial charge in [0.1, 0.15) is 16.8 Å². The normalized spacial score (nSPS) is 12.1. The van der Waals surface area contributed by atoms with Gasteiger partial charge in [0.25, 0.3) is 0 Å². The monoisotopic (exact) mass is 561 g/mol. The molecule has 0 aliphatic carbocycles. The van der Waals surface area contributed by atoms with Crippen LogP contribution in [0.5, 0.6) is 0 Å². The van der Waals surface area contributed by atoms with Crippen molar-refractivity contribution in [3.8, 4) is 22.3 Å². The lowest BCUT2D eigenvalue weighted by atomic mass is 9.95. The number of hydrogen-bond donors (Lipinski definition) is 0. The largest absolute Gasteiger partial charge is 0.455 e. The molecule has 0 saturated carbocycles. The van der Waals surface area contributed by atoms with Crippen LogP contribution < -0.4 is 0 Å². The summed E-state index contributed by atoms with van der Waals surface area (Å²) in [5.74, 6) is 0. The van der Waals surface area contributed by atoms with E-state index in [1.807, 2.05) is 30.5 Å². The van der Waals surface area contributed by atoms with Crippen molar-refractivity contribution in [1.82, 2.24) is 14.4 Å². The SMILES string of the molecule is c1cc(-c2ccc3c(c2)c2c(ccc4cccnc42)c2nc4ccccc4n32)cc(-c2cccc3c2oc2ccccc23)c1. The molecule has 10 rings (SSSR count). The van der Waals surface area contributed by atoms with Crippen molar-refractivity contribution in [2.75, 3.05) is 0 Å². The number of nitrogens with zero attached hydrogens (tertiary/aromatic N) is 3. The summed E-state index contributed by atoms with van der Waals surface area (Å²) in [6.45, 7) is 0. The van der Waals surface area contributed by atoms with E-state index in [1.54, 1.807) is 0 Å². The number of rotatable bonds is 2. The van der Waals surface area contributed by atoms with Gasteiger partial charge in [-0.15, -0.1) is 0 Å². The number of para-hydroxylation sites is 4. The molecule has 44 heavy (non-hydrogen) atoms. The molecule has 0 amide bonds. The zero-order valence-corrected chi connectivity index (χ0v) is 23.5. The van der Waals surface area contributed by atoms with Crippen molar-refractivity contribution < 1.29 is 4.42 Å². The zero-order valence-electron chi connectivity index (χ0n) is 23.5. The van der Waals surface area contributed by atoms with E-state index in [0.717, 1.165) is 93.5 Å². The van der Waals surface area contributed by atoms with E-state index in [9.17, 15) is 0 Å². The number of aromatic nitrogens is 3. The van der Waals surface area contributed by atoms with Crippen molar-refractivity contribution in [2.24, 2.45) is 0 Å². The summed E-state index contributed by atoms with van der Waals surface area (Å²) in [5.41, 5.74) is 11.5. The molecule has 6 aromatic carbocycles. The number of benzene rings is 6. The van der Waals surface area contributed by atoms with Gasteiger partial charge in [-0.05, 0) is 65.2 Å². The van der Waals surface area contributed by atoms with E-state index in [1.165, 1.54) is 0 Å². The first kappa shape index (κ1) is 23.6. The van der Waals surface area contributed by atoms with Crippen LogP contribution >= 0.6 is 0 Å². The molecule has 0 fully saturated rings. The van der Waals surface area contributed by atoms with Gasteiger partial charge in [0.15, 0.2) is 0 Å².